The molecule has 1 aliphatic heterocycles. The molecule has 1 heterocycles. The summed E-state index contributed by atoms with van der Waals surface area (Å²) in [4.78, 5) is 7.16. The first-order chi connectivity index (χ1) is 10.6. The standard InChI is InChI=1S/C18H30N4/c1-14(2)17(22-11-9-15(3)10-12-22)13-20-18(19)21-16-7-5-4-6-8-16/h4-8,14-15,17H,9-13H2,1-3H3,(H3,19,20,21). The molecule has 4 nitrogen and oxygen atoms in total. The van der Waals surface area contributed by atoms with Gasteiger partial charge in [-0.25, -0.2) is 0 Å². The summed E-state index contributed by atoms with van der Waals surface area (Å²) in [6.07, 6.45) is 2.59. The molecule has 0 amide bonds. The van der Waals surface area contributed by atoms with E-state index in [-0.39, 0.29) is 0 Å². The van der Waals surface area contributed by atoms with E-state index in [1.165, 1.54) is 25.9 Å². The van der Waals surface area contributed by atoms with Crippen LogP contribution in [0.2, 0.25) is 0 Å². The van der Waals surface area contributed by atoms with Crippen LogP contribution in [0.15, 0.2) is 35.3 Å². The SMILES string of the molecule is CC1CCN(C(CN=C(N)Nc2ccccc2)C(C)C)CC1. The molecule has 1 aliphatic rings. The van der Waals surface area contributed by atoms with E-state index < -0.39 is 0 Å². The molecule has 1 saturated heterocycles. The van der Waals surface area contributed by atoms with Gasteiger partial charge in [0.15, 0.2) is 5.96 Å². The van der Waals surface area contributed by atoms with Gasteiger partial charge in [0.2, 0.25) is 0 Å². The molecule has 1 aromatic carbocycles. The van der Waals surface area contributed by atoms with Crippen molar-refractivity contribution in [3.05, 3.63) is 30.3 Å². The lowest BCUT2D eigenvalue weighted by Crippen LogP contribution is -2.45. The second-order valence-electron chi connectivity index (χ2n) is 6.75. The largest absolute Gasteiger partial charge is 0.370 e. The predicted octanol–water partition coefficient (Wildman–Crippen LogP) is 3.17. The van der Waals surface area contributed by atoms with E-state index in [1.54, 1.807) is 0 Å². The molecule has 4 heteroatoms. The number of hydrogen-bond donors (Lipinski definition) is 2. The molecule has 1 unspecified atom stereocenters. The number of guanidine groups is 1. The van der Waals surface area contributed by atoms with Gasteiger partial charge in [-0.2, -0.15) is 0 Å². The first kappa shape index (κ1) is 16.8. The van der Waals surface area contributed by atoms with Gasteiger partial charge in [-0.1, -0.05) is 39.0 Å². The van der Waals surface area contributed by atoms with Crippen LogP contribution in [-0.2, 0) is 0 Å². The molecular weight excluding hydrogens is 272 g/mol. The van der Waals surface area contributed by atoms with Gasteiger partial charge in [-0.05, 0) is 49.9 Å². The van der Waals surface area contributed by atoms with Crippen LogP contribution in [0.5, 0.6) is 0 Å². The molecular formula is C18H30N4. The first-order valence-electron chi connectivity index (χ1n) is 8.42. The Balaban J connectivity index is 1.91. The number of aliphatic imine (C=N–C) groups is 1. The first-order valence-corrected chi connectivity index (χ1v) is 8.42. The van der Waals surface area contributed by atoms with Crippen LogP contribution in [0, 0.1) is 11.8 Å². The van der Waals surface area contributed by atoms with E-state index in [2.05, 4.69) is 36.0 Å². The molecule has 0 saturated carbocycles. The average Bonchev–Trinajstić information content (AvgIpc) is 2.50. The summed E-state index contributed by atoms with van der Waals surface area (Å²) in [7, 11) is 0. The minimum absolute atomic E-state index is 0.476. The summed E-state index contributed by atoms with van der Waals surface area (Å²) in [5.41, 5.74) is 7.01. The van der Waals surface area contributed by atoms with Crippen LogP contribution in [0.3, 0.4) is 0 Å². The minimum atomic E-state index is 0.476. The molecule has 122 valence electrons. The third kappa shape index (κ3) is 5.02. The van der Waals surface area contributed by atoms with E-state index >= 15 is 0 Å². The Morgan fingerprint density at radius 2 is 1.91 bits per heavy atom. The monoisotopic (exact) mass is 302 g/mol. The number of likely N-dealkylation sites (tertiary alicyclic amines) is 1. The molecule has 0 aliphatic carbocycles. The minimum Gasteiger partial charge on any atom is -0.370 e. The van der Waals surface area contributed by atoms with E-state index in [9.17, 15) is 0 Å². The number of benzene rings is 1. The van der Waals surface area contributed by atoms with E-state index in [4.69, 9.17) is 5.73 Å². The van der Waals surface area contributed by atoms with Crippen LogP contribution in [0.1, 0.15) is 33.6 Å². The molecule has 3 N–H and O–H groups in total. The number of nitrogens with two attached hydrogens (primary N) is 1. The van der Waals surface area contributed by atoms with Gasteiger partial charge in [0, 0.05) is 11.7 Å². The van der Waals surface area contributed by atoms with Gasteiger partial charge in [0.25, 0.3) is 0 Å². The smallest absolute Gasteiger partial charge is 0.193 e. The molecule has 1 atom stereocenters. The van der Waals surface area contributed by atoms with Crippen LogP contribution in [-0.4, -0.2) is 36.5 Å². The van der Waals surface area contributed by atoms with Crippen LogP contribution in [0.4, 0.5) is 5.69 Å². The summed E-state index contributed by atoms with van der Waals surface area (Å²) in [6.45, 7) is 10.0. The van der Waals surface area contributed by atoms with Crippen molar-refractivity contribution >= 4 is 11.6 Å². The molecule has 0 bridgehead atoms. The van der Waals surface area contributed by atoms with Gasteiger partial charge in [-0.3, -0.25) is 9.89 Å². The highest BCUT2D eigenvalue weighted by molar-refractivity contribution is 5.92. The fourth-order valence-electron chi connectivity index (χ4n) is 3.01. The molecule has 1 aromatic rings. The van der Waals surface area contributed by atoms with E-state index in [1.807, 2.05) is 30.3 Å². The van der Waals surface area contributed by atoms with E-state index in [0.29, 0.717) is 17.9 Å². The number of nitrogens with zero attached hydrogens (tertiary/aromatic N) is 2. The van der Waals surface area contributed by atoms with Gasteiger partial charge in [0.05, 0.1) is 6.54 Å². The number of hydrogen-bond acceptors (Lipinski definition) is 2. The van der Waals surface area contributed by atoms with Crippen molar-refractivity contribution in [2.24, 2.45) is 22.6 Å². The highest BCUT2D eigenvalue weighted by atomic mass is 15.2. The number of nitrogens with one attached hydrogen (secondary N) is 1. The van der Waals surface area contributed by atoms with Crippen LogP contribution >= 0.6 is 0 Å². The van der Waals surface area contributed by atoms with Gasteiger partial charge >= 0.3 is 0 Å². The van der Waals surface area contributed by atoms with Gasteiger partial charge < -0.3 is 11.1 Å². The molecule has 1 fully saturated rings. The maximum atomic E-state index is 6.03. The van der Waals surface area contributed by atoms with Crippen LogP contribution < -0.4 is 11.1 Å². The summed E-state index contributed by atoms with van der Waals surface area (Å²) in [6, 6.07) is 10.4. The van der Waals surface area contributed by atoms with Crippen molar-refractivity contribution < 1.29 is 0 Å². The van der Waals surface area contributed by atoms with Crippen molar-refractivity contribution in [3.63, 3.8) is 0 Å². The Morgan fingerprint density at radius 3 is 2.50 bits per heavy atom. The molecule has 22 heavy (non-hydrogen) atoms. The lowest BCUT2D eigenvalue weighted by Gasteiger charge is -2.38. The fourth-order valence-corrected chi connectivity index (χ4v) is 3.01. The summed E-state index contributed by atoms with van der Waals surface area (Å²) in [5, 5.41) is 3.16. The Kier molecular flexibility index (Phi) is 6.25. The molecule has 2 rings (SSSR count). The number of anilines is 1. The lowest BCUT2D eigenvalue weighted by atomic mass is 9.94. The highest BCUT2D eigenvalue weighted by Gasteiger charge is 2.25. The fraction of sp³-hybridized carbons (Fsp3) is 0.611. The summed E-state index contributed by atoms with van der Waals surface area (Å²) >= 11 is 0. The van der Waals surface area contributed by atoms with Crippen molar-refractivity contribution in [1.29, 1.82) is 0 Å². The number of piperidine rings is 1. The normalized spacial score (nSPS) is 19.4. The lowest BCUT2D eigenvalue weighted by molar-refractivity contribution is 0.113. The zero-order chi connectivity index (χ0) is 15.9. The molecule has 0 spiro atoms. The summed E-state index contributed by atoms with van der Waals surface area (Å²) in [5.74, 6) is 1.95. The summed E-state index contributed by atoms with van der Waals surface area (Å²) < 4.78 is 0. The molecule has 0 radical (unpaired) electrons. The quantitative estimate of drug-likeness (QED) is 0.649. The van der Waals surface area contributed by atoms with E-state index in [0.717, 1.165) is 18.2 Å². The predicted molar refractivity (Wildman–Crippen MR) is 95.2 cm³/mol. The topological polar surface area (TPSA) is 53.6 Å². The second kappa shape index (κ2) is 8.18. The van der Waals surface area contributed by atoms with Crippen molar-refractivity contribution in [1.82, 2.24) is 4.90 Å². The van der Waals surface area contributed by atoms with Crippen molar-refractivity contribution in [2.75, 3.05) is 25.0 Å². The zero-order valence-electron chi connectivity index (χ0n) is 14.1. The Bertz CT molecular complexity index is 461. The molecule has 0 aromatic heterocycles. The Labute approximate surface area is 134 Å². The number of rotatable bonds is 5. The van der Waals surface area contributed by atoms with Crippen LogP contribution in [0.25, 0.3) is 0 Å². The average molecular weight is 302 g/mol. The third-order valence-electron chi connectivity index (χ3n) is 4.55. The van der Waals surface area contributed by atoms with Crippen molar-refractivity contribution in [3.8, 4) is 0 Å². The van der Waals surface area contributed by atoms with Gasteiger partial charge in [-0.15, -0.1) is 0 Å². The van der Waals surface area contributed by atoms with Crippen molar-refractivity contribution in [2.45, 2.75) is 39.7 Å². The van der Waals surface area contributed by atoms with Gasteiger partial charge in [0.1, 0.15) is 0 Å². The Morgan fingerprint density at radius 1 is 1.27 bits per heavy atom. The number of para-hydroxylation sites is 1. The Hall–Kier alpha value is -1.55. The maximum Gasteiger partial charge on any atom is 0.193 e. The third-order valence-corrected chi connectivity index (χ3v) is 4.55. The maximum absolute atomic E-state index is 6.03. The highest BCUT2D eigenvalue weighted by Crippen LogP contribution is 2.21. The second-order valence-corrected chi connectivity index (χ2v) is 6.75. The zero-order valence-corrected chi connectivity index (χ0v) is 14.1.